The summed E-state index contributed by atoms with van der Waals surface area (Å²) < 4.78 is 5.21. The Hall–Kier alpha value is -1.53. The van der Waals surface area contributed by atoms with Gasteiger partial charge in [0.15, 0.2) is 0 Å². The highest BCUT2D eigenvalue weighted by atomic mass is 16.6. The lowest BCUT2D eigenvalue weighted by Crippen LogP contribution is -2.44. The molecule has 0 aliphatic heterocycles. The Morgan fingerprint density at radius 3 is 2.79 bits per heavy atom. The zero-order valence-electron chi connectivity index (χ0n) is 11.5. The average Bonchev–Trinajstić information content (AvgIpc) is 2.29. The molecule has 0 atom stereocenters. The standard InChI is InChI=1S/C13H19N3O3/c1-8-6-15-12(9(2)13(8)16(17)18)7-14-10-4-11(5-10)19-3/h6,10-11,14H,4-5,7H2,1-3H3. The minimum absolute atomic E-state index is 0.176. The van der Waals surface area contributed by atoms with Crippen LogP contribution in [0.25, 0.3) is 0 Å². The molecule has 6 heteroatoms. The van der Waals surface area contributed by atoms with Crippen LogP contribution in [0.4, 0.5) is 5.69 Å². The number of nitrogens with zero attached hydrogens (tertiary/aromatic N) is 2. The van der Waals surface area contributed by atoms with Crippen LogP contribution in [0.2, 0.25) is 0 Å². The number of hydrogen-bond donors (Lipinski definition) is 1. The molecular weight excluding hydrogens is 246 g/mol. The maximum Gasteiger partial charge on any atom is 0.278 e. The van der Waals surface area contributed by atoms with Crippen LogP contribution in [0.15, 0.2) is 6.20 Å². The third kappa shape index (κ3) is 2.90. The molecule has 1 aliphatic rings. The van der Waals surface area contributed by atoms with Crippen LogP contribution in [0.3, 0.4) is 0 Å². The maximum absolute atomic E-state index is 11.0. The van der Waals surface area contributed by atoms with Gasteiger partial charge in [-0.05, 0) is 26.7 Å². The lowest BCUT2D eigenvalue weighted by molar-refractivity contribution is -0.386. The van der Waals surface area contributed by atoms with Gasteiger partial charge in [-0.1, -0.05) is 0 Å². The Morgan fingerprint density at radius 1 is 1.53 bits per heavy atom. The summed E-state index contributed by atoms with van der Waals surface area (Å²) in [4.78, 5) is 15.0. The molecule has 104 valence electrons. The van der Waals surface area contributed by atoms with Crippen molar-refractivity contribution in [2.45, 2.75) is 45.4 Å². The highest BCUT2D eigenvalue weighted by molar-refractivity contribution is 5.47. The van der Waals surface area contributed by atoms with E-state index in [9.17, 15) is 10.1 Å². The normalized spacial score (nSPS) is 22.1. The summed E-state index contributed by atoms with van der Waals surface area (Å²) in [7, 11) is 1.72. The first kappa shape index (κ1) is 13.9. The molecule has 0 spiro atoms. The lowest BCUT2D eigenvalue weighted by Gasteiger charge is -2.34. The quantitative estimate of drug-likeness (QED) is 0.649. The number of ether oxygens (including phenoxy) is 1. The van der Waals surface area contributed by atoms with E-state index in [1.54, 1.807) is 27.2 Å². The lowest BCUT2D eigenvalue weighted by atomic mass is 9.89. The van der Waals surface area contributed by atoms with E-state index in [0.717, 1.165) is 18.5 Å². The van der Waals surface area contributed by atoms with Crippen molar-refractivity contribution in [3.8, 4) is 0 Å². The Kier molecular flexibility index (Phi) is 4.11. The van der Waals surface area contributed by atoms with Crippen LogP contribution >= 0.6 is 0 Å². The molecule has 19 heavy (non-hydrogen) atoms. The van der Waals surface area contributed by atoms with E-state index in [1.807, 2.05) is 0 Å². The Morgan fingerprint density at radius 2 is 2.21 bits per heavy atom. The van der Waals surface area contributed by atoms with Crippen molar-refractivity contribution in [2.75, 3.05) is 7.11 Å². The third-order valence-corrected chi connectivity index (χ3v) is 3.74. The molecule has 0 amide bonds. The van der Waals surface area contributed by atoms with Crippen LogP contribution < -0.4 is 5.32 Å². The van der Waals surface area contributed by atoms with Gasteiger partial charge in [-0.15, -0.1) is 0 Å². The molecule has 1 heterocycles. The van der Waals surface area contributed by atoms with Gasteiger partial charge in [-0.3, -0.25) is 15.1 Å². The predicted octanol–water partition coefficient (Wildman–Crippen LogP) is 1.87. The molecule has 0 unspecified atom stereocenters. The second-order valence-electron chi connectivity index (χ2n) is 5.03. The summed E-state index contributed by atoms with van der Waals surface area (Å²) in [5.74, 6) is 0. The molecule has 6 nitrogen and oxygen atoms in total. The third-order valence-electron chi connectivity index (χ3n) is 3.74. The van der Waals surface area contributed by atoms with Crippen LogP contribution in [0.5, 0.6) is 0 Å². The Labute approximate surface area is 112 Å². The van der Waals surface area contributed by atoms with E-state index >= 15 is 0 Å². The van der Waals surface area contributed by atoms with Gasteiger partial charge in [0.1, 0.15) is 0 Å². The number of nitrogens with one attached hydrogen (secondary N) is 1. The molecule has 0 bridgehead atoms. The van der Waals surface area contributed by atoms with E-state index in [1.165, 1.54) is 0 Å². The number of aromatic nitrogens is 1. The van der Waals surface area contributed by atoms with Gasteiger partial charge in [0.05, 0.1) is 16.7 Å². The molecule has 1 aromatic heterocycles. The highest BCUT2D eigenvalue weighted by Gasteiger charge is 2.29. The molecule has 0 saturated heterocycles. The minimum Gasteiger partial charge on any atom is -0.381 e. The van der Waals surface area contributed by atoms with Crippen molar-refractivity contribution in [1.29, 1.82) is 0 Å². The van der Waals surface area contributed by atoms with Gasteiger partial charge < -0.3 is 10.1 Å². The highest BCUT2D eigenvalue weighted by Crippen LogP contribution is 2.26. The average molecular weight is 265 g/mol. The number of nitro groups is 1. The second-order valence-corrected chi connectivity index (χ2v) is 5.03. The van der Waals surface area contributed by atoms with Gasteiger partial charge >= 0.3 is 0 Å². The fraction of sp³-hybridized carbons (Fsp3) is 0.615. The zero-order chi connectivity index (χ0) is 14.0. The number of hydrogen-bond acceptors (Lipinski definition) is 5. The summed E-state index contributed by atoms with van der Waals surface area (Å²) in [5, 5.41) is 14.4. The molecule has 1 fully saturated rings. The molecule has 1 saturated carbocycles. The summed E-state index contributed by atoms with van der Waals surface area (Å²) in [5.41, 5.74) is 2.18. The number of rotatable bonds is 5. The summed E-state index contributed by atoms with van der Waals surface area (Å²) in [6, 6.07) is 0.423. The topological polar surface area (TPSA) is 77.3 Å². The van der Waals surface area contributed by atoms with Gasteiger partial charge in [0.25, 0.3) is 5.69 Å². The van der Waals surface area contributed by atoms with Crippen molar-refractivity contribution in [3.05, 3.63) is 33.1 Å². The number of aryl methyl sites for hydroxylation is 1. The van der Waals surface area contributed by atoms with Crippen LogP contribution in [-0.4, -0.2) is 29.2 Å². The largest absolute Gasteiger partial charge is 0.381 e. The van der Waals surface area contributed by atoms with Crippen LogP contribution in [0, 0.1) is 24.0 Å². The summed E-state index contributed by atoms with van der Waals surface area (Å²) in [6.45, 7) is 4.03. The molecular formula is C13H19N3O3. The van der Waals surface area contributed by atoms with Gasteiger partial charge in [-0.25, -0.2) is 0 Å². The van der Waals surface area contributed by atoms with Crippen molar-refractivity contribution in [3.63, 3.8) is 0 Å². The Bertz CT molecular complexity index is 484. The van der Waals surface area contributed by atoms with Crippen molar-refractivity contribution in [1.82, 2.24) is 10.3 Å². The van der Waals surface area contributed by atoms with Gasteiger partial charge in [-0.2, -0.15) is 0 Å². The predicted molar refractivity (Wildman–Crippen MR) is 71.0 cm³/mol. The molecule has 1 aromatic rings. The van der Waals surface area contributed by atoms with E-state index in [2.05, 4.69) is 10.3 Å². The fourth-order valence-electron chi connectivity index (χ4n) is 2.39. The fourth-order valence-corrected chi connectivity index (χ4v) is 2.39. The SMILES string of the molecule is COC1CC(NCc2ncc(C)c([N+](=O)[O-])c2C)C1. The van der Waals surface area contributed by atoms with E-state index in [-0.39, 0.29) is 10.6 Å². The first-order chi connectivity index (χ1) is 9.02. The van der Waals surface area contributed by atoms with Gasteiger partial charge in [0, 0.05) is 37.0 Å². The summed E-state index contributed by atoms with van der Waals surface area (Å²) in [6.07, 6.45) is 3.90. The van der Waals surface area contributed by atoms with E-state index < -0.39 is 0 Å². The second kappa shape index (κ2) is 5.63. The molecule has 2 rings (SSSR count). The number of methoxy groups -OCH3 is 1. The minimum atomic E-state index is -0.333. The molecule has 0 aromatic carbocycles. The van der Waals surface area contributed by atoms with Gasteiger partial charge in [0.2, 0.25) is 0 Å². The van der Waals surface area contributed by atoms with E-state index in [0.29, 0.717) is 29.8 Å². The molecule has 1 N–H and O–H groups in total. The van der Waals surface area contributed by atoms with Crippen LogP contribution in [-0.2, 0) is 11.3 Å². The zero-order valence-corrected chi connectivity index (χ0v) is 11.5. The first-order valence-corrected chi connectivity index (χ1v) is 6.38. The van der Waals surface area contributed by atoms with Crippen molar-refractivity contribution in [2.24, 2.45) is 0 Å². The van der Waals surface area contributed by atoms with E-state index in [4.69, 9.17) is 4.74 Å². The smallest absolute Gasteiger partial charge is 0.278 e. The van der Waals surface area contributed by atoms with Crippen LogP contribution in [0.1, 0.15) is 29.7 Å². The monoisotopic (exact) mass is 265 g/mol. The maximum atomic E-state index is 11.0. The first-order valence-electron chi connectivity index (χ1n) is 6.38. The summed E-state index contributed by atoms with van der Waals surface area (Å²) >= 11 is 0. The van der Waals surface area contributed by atoms with Crippen molar-refractivity contribution < 1.29 is 9.66 Å². The molecule has 0 radical (unpaired) electrons. The number of pyridine rings is 1. The molecule has 1 aliphatic carbocycles. The van der Waals surface area contributed by atoms with Crippen molar-refractivity contribution >= 4 is 5.69 Å². The Balaban J connectivity index is 2.01.